The Hall–Kier alpha value is -2.21. The molecule has 1 aliphatic heterocycles. The molecule has 0 fully saturated rings. The lowest BCUT2D eigenvalue weighted by Crippen LogP contribution is -2.49. The number of amides is 3. The van der Waals surface area contributed by atoms with E-state index in [-0.39, 0.29) is 11.1 Å². The first-order chi connectivity index (χ1) is 8.07. The molecule has 0 aromatic heterocycles. The van der Waals surface area contributed by atoms with Gasteiger partial charge >= 0.3 is 0 Å². The monoisotopic (exact) mass is 234 g/mol. The topological polar surface area (TPSA) is 101 Å². The second-order valence-electron chi connectivity index (χ2n) is 3.63. The average molecular weight is 234 g/mol. The molecule has 17 heavy (non-hydrogen) atoms. The average Bonchev–Trinajstić information content (AvgIpc) is 2.56. The molecule has 0 unspecified atom stereocenters. The summed E-state index contributed by atoms with van der Waals surface area (Å²) in [4.78, 5) is 35.6. The number of benzene rings is 1. The van der Waals surface area contributed by atoms with Crippen LogP contribution in [0.3, 0.4) is 0 Å². The van der Waals surface area contributed by atoms with Gasteiger partial charge < -0.3 is 10.8 Å². The van der Waals surface area contributed by atoms with Crippen LogP contribution in [0.4, 0.5) is 0 Å². The van der Waals surface area contributed by atoms with Crippen molar-refractivity contribution >= 4 is 17.7 Å². The van der Waals surface area contributed by atoms with Crippen molar-refractivity contribution in [2.45, 2.75) is 6.04 Å². The highest BCUT2D eigenvalue weighted by molar-refractivity contribution is 6.22. The van der Waals surface area contributed by atoms with E-state index in [9.17, 15) is 14.4 Å². The van der Waals surface area contributed by atoms with Crippen LogP contribution >= 0.6 is 0 Å². The summed E-state index contributed by atoms with van der Waals surface area (Å²) >= 11 is 0. The summed E-state index contributed by atoms with van der Waals surface area (Å²) in [5.41, 5.74) is 5.48. The molecule has 0 bridgehead atoms. The number of nitrogens with two attached hydrogens (primary N) is 1. The second kappa shape index (κ2) is 3.99. The van der Waals surface area contributed by atoms with Crippen molar-refractivity contribution in [2.75, 3.05) is 6.61 Å². The van der Waals surface area contributed by atoms with E-state index in [0.29, 0.717) is 4.90 Å². The van der Waals surface area contributed by atoms with Gasteiger partial charge in [0.05, 0.1) is 17.7 Å². The van der Waals surface area contributed by atoms with Gasteiger partial charge in [0.15, 0.2) is 0 Å². The zero-order chi connectivity index (χ0) is 12.6. The van der Waals surface area contributed by atoms with Gasteiger partial charge in [0.1, 0.15) is 6.04 Å². The predicted octanol–water partition coefficient (Wildman–Crippen LogP) is -0.871. The largest absolute Gasteiger partial charge is 0.394 e. The van der Waals surface area contributed by atoms with Gasteiger partial charge in [-0.15, -0.1) is 0 Å². The first-order valence-corrected chi connectivity index (χ1v) is 4.95. The molecule has 1 aromatic rings. The summed E-state index contributed by atoms with van der Waals surface area (Å²) in [5.74, 6) is -2.13. The molecule has 6 heteroatoms. The highest BCUT2D eigenvalue weighted by atomic mass is 16.3. The fourth-order valence-electron chi connectivity index (χ4n) is 1.79. The van der Waals surface area contributed by atoms with Crippen LogP contribution in [0.15, 0.2) is 24.3 Å². The van der Waals surface area contributed by atoms with E-state index in [2.05, 4.69) is 0 Å². The molecule has 0 saturated carbocycles. The van der Waals surface area contributed by atoms with Gasteiger partial charge in [0, 0.05) is 0 Å². The van der Waals surface area contributed by atoms with Crippen molar-refractivity contribution in [2.24, 2.45) is 5.73 Å². The quantitative estimate of drug-likeness (QED) is 0.664. The fraction of sp³-hybridized carbons (Fsp3) is 0.182. The van der Waals surface area contributed by atoms with Gasteiger partial charge in [-0.1, -0.05) is 12.1 Å². The smallest absolute Gasteiger partial charge is 0.262 e. The lowest BCUT2D eigenvalue weighted by atomic mass is 10.1. The van der Waals surface area contributed by atoms with Crippen molar-refractivity contribution in [3.05, 3.63) is 35.4 Å². The first-order valence-electron chi connectivity index (χ1n) is 4.95. The van der Waals surface area contributed by atoms with E-state index in [1.54, 1.807) is 12.1 Å². The third-order valence-corrected chi connectivity index (χ3v) is 2.64. The molecule has 1 aliphatic rings. The van der Waals surface area contributed by atoms with E-state index >= 15 is 0 Å². The Labute approximate surface area is 96.6 Å². The van der Waals surface area contributed by atoms with E-state index in [0.717, 1.165) is 0 Å². The lowest BCUT2D eigenvalue weighted by molar-refractivity contribution is -0.122. The molecular formula is C11H10N2O4. The zero-order valence-electron chi connectivity index (χ0n) is 8.79. The molecule has 6 nitrogen and oxygen atoms in total. The number of rotatable bonds is 3. The van der Waals surface area contributed by atoms with Gasteiger partial charge in [-0.25, -0.2) is 0 Å². The third-order valence-electron chi connectivity index (χ3n) is 2.64. The Bertz CT molecular complexity index is 477. The lowest BCUT2D eigenvalue weighted by Gasteiger charge is -2.20. The first kappa shape index (κ1) is 11.3. The van der Waals surface area contributed by atoms with Crippen LogP contribution in [0.5, 0.6) is 0 Å². The SMILES string of the molecule is NC(=O)[C@H](CO)N1C(=O)c2ccccc2C1=O. The number of aliphatic hydroxyl groups excluding tert-OH is 1. The molecule has 0 saturated heterocycles. The van der Waals surface area contributed by atoms with Gasteiger partial charge in [-0.2, -0.15) is 0 Å². The van der Waals surface area contributed by atoms with Crippen molar-refractivity contribution in [1.29, 1.82) is 0 Å². The number of carbonyl (C=O) groups excluding carboxylic acids is 3. The van der Waals surface area contributed by atoms with Gasteiger partial charge in [-0.05, 0) is 12.1 Å². The minimum Gasteiger partial charge on any atom is -0.394 e. The summed E-state index contributed by atoms with van der Waals surface area (Å²) < 4.78 is 0. The predicted molar refractivity (Wildman–Crippen MR) is 57.0 cm³/mol. The number of imide groups is 1. The van der Waals surface area contributed by atoms with Crippen LogP contribution < -0.4 is 5.73 Å². The van der Waals surface area contributed by atoms with E-state index in [1.165, 1.54) is 12.1 Å². The number of nitrogens with zero attached hydrogens (tertiary/aromatic N) is 1. The van der Waals surface area contributed by atoms with E-state index in [1.807, 2.05) is 0 Å². The van der Waals surface area contributed by atoms with E-state index in [4.69, 9.17) is 10.8 Å². The Balaban J connectivity index is 2.46. The summed E-state index contributed by atoms with van der Waals surface area (Å²) in [5, 5.41) is 9.02. The Kier molecular flexibility index (Phi) is 2.64. The van der Waals surface area contributed by atoms with Crippen molar-refractivity contribution < 1.29 is 19.5 Å². The van der Waals surface area contributed by atoms with Gasteiger partial charge in [0.25, 0.3) is 11.8 Å². The van der Waals surface area contributed by atoms with Crippen LogP contribution in [0.2, 0.25) is 0 Å². The number of hydrogen-bond donors (Lipinski definition) is 2. The van der Waals surface area contributed by atoms with Crippen molar-refractivity contribution in [3.63, 3.8) is 0 Å². The Morgan fingerprint density at radius 1 is 1.24 bits per heavy atom. The molecule has 3 amide bonds. The summed E-state index contributed by atoms with van der Waals surface area (Å²) in [6.07, 6.45) is 0. The fourth-order valence-corrected chi connectivity index (χ4v) is 1.79. The van der Waals surface area contributed by atoms with Crippen LogP contribution in [0, 0.1) is 0 Å². The maximum atomic E-state index is 11.9. The number of fused-ring (bicyclic) bond motifs is 1. The van der Waals surface area contributed by atoms with Crippen LogP contribution in [-0.2, 0) is 4.79 Å². The number of carbonyl (C=O) groups is 3. The second-order valence-corrected chi connectivity index (χ2v) is 3.63. The van der Waals surface area contributed by atoms with Gasteiger partial charge in [0.2, 0.25) is 5.91 Å². The summed E-state index contributed by atoms with van der Waals surface area (Å²) in [7, 11) is 0. The number of hydrogen-bond acceptors (Lipinski definition) is 4. The molecule has 88 valence electrons. The molecule has 1 heterocycles. The van der Waals surface area contributed by atoms with Crippen LogP contribution in [0.25, 0.3) is 0 Å². The Morgan fingerprint density at radius 3 is 2.06 bits per heavy atom. The summed E-state index contributed by atoms with van der Waals surface area (Å²) in [6, 6.07) is 4.90. The zero-order valence-corrected chi connectivity index (χ0v) is 8.79. The van der Waals surface area contributed by atoms with Crippen molar-refractivity contribution in [1.82, 2.24) is 4.90 Å². The molecule has 0 radical (unpaired) electrons. The molecular weight excluding hydrogens is 224 g/mol. The maximum absolute atomic E-state index is 11.9. The normalized spacial score (nSPS) is 15.9. The van der Waals surface area contributed by atoms with E-state index < -0.39 is 30.4 Å². The number of primary amides is 1. The van der Waals surface area contributed by atoms with Gasteiger partial charge in [-0.3, -0.25) is 19.3 Å². The third kappa shape index (κ3) is 1.58. The molecule has 1 aromatic carbocycles. The minimum absolute atomic E-state index is 0.220. The molecule has 0 aliphatic carbocycles. The number of aliphatic hydroxyl groups is 1. The Morgan fingerprint density at radius 2 is 1.71 bits per heavy atom. The van der Waals surface area contributed by atoms with Crippen molar-refractivity contribution in [3.8, 4) is 0 Å². The van der Waals surface area contributed by atoms with Crippen LogP contribution in [-0.4, -0.2) is 40.4 Å². The standard InChI is InChI=1S/C11H10N2O4/c12-9(15)8(5-14)13-10(16)6-3-1-2-4-7(6)11(13)17/h1-4,8,14H,5H2,(H2,12,15)/t8-/m0/s1. The van der Waals surface area contributed by atoms with Crippen LogP contribution in [0.1, 0.15) is 20.7 Å². The molecule has 0 spiro atoms. The minimum atomic E-state index is -1.32. The maximum Gasteiger partial charge on any atom is 0.262 e. The summed E-state index contributed by atoms with van der Waals surface area (Å²) in [6.45, 7) is -0.680. The highest BCUT2D eigenvalue weighted by Crippen LogP contribution is 2.24. The molecule has 2 rings (SSSR count). The highest BCUT2D eigenvalue weighted by Gasteiger charge is 2.41. The molecule has 1 atom stereocenters. The molecule has 3 N–H and O–H groups in total.